The van der Waals surface area contributed by atoms with Crippen molar-refractivity contribution < 1.29 is 39.0 Å². The third-order valence-electron chi connectivity index (χ3n) is 4.75. The molecular formula is C19H30N8O8. The number of rotatable bonds is 16. The lowest BCUT2D eigenvalue weighted by Crippen LogP contribution is -2.58. The standard InChI is InChI=1S/C19H30N8O8/c20-10(7-28)16(31)27-13(5-9-6-23-8-24-9)18(33)25-11(1-3-14(21)29)17(32)26-12(19(34)35)2-4-15(22)30/h6,8,10-13,28H,1-5,7,20H2,(H2,21,29)(H2,22,30)(H,23,24)(H,25,33)(H,26,32)(H,27,31)(H,34,35). The zero-order chi connectivity index (χ0) is 26.5. The van der Waals surface area contributed by atoms with Crippen molar-refractivity contribution in [2.75, 3.05) is 6.61 Å². The average molecular weight is 498 g/mol. The number of carbonyl (C=O) groups is 6. The monoisotopic (exact) mass is 498 g/mol. The molecule has 0 fully saturated rings. The van der Waals surface area contributed by atoms with Gasteiger partial charge in [-0.05, 0) is 12.8 Å². The molecule has 0 spiro atoms. The second-order valence-electron chi connectivity index (χ2n) is 7.60. The summed E-state index contributed by atoms with van der Waals surface area (Å²) in [4.78, 5) is 78.1. The minimum atomic E-state index is -1.49. The number of H-pyrrole nitrogens is 1. The van der Waals surface area contributed by atoms with Gasteiger partial charge < -0.3 is 48.3 Å². The van der Waals surface area contributed by atoms with Crippen LogP contribution in [0.15, 0.2) is 12.5 Å². The first-order valence-electron chi connectivity index (χ1n) is 10.5. The fourth-order valence-electron chi connectivity index (χ4n) is 2.83. The normalized spacial score (nSPS) is 14.1. The number of hydrogen-bond acceptors (Lipinski definition) is 9. The van der Waals surface area contributed by atoms with Crippen LogP contribution >= 0.6 is 0 Å². The second-order valence-corrected chi connectivity index (χ2v) is 7.60. The quantitative estimate of drug-likeness (QED) is 0.105. The fraction of sp³-hybridized carbons (Fsp3) is 0.526. The van der Waals surface area contributed by atoms with E-state index in [1.165, 1.54) is 12.5 Å². The van der Waals surface area contributed by atoms with Crippen molar-refractivity contribution in [3.8, 4) is 0 Å². The Bertz CT molecular complexity index is 907. The number of imidazole rings is 1. The van der Waals surface area contributed by atoms with Gasteiger partial charge in [-0.15, -0.1) is 0 Å². The number of aliphatic carboxylic acids is 1. The van der Waals surface area contributed by atoms with E-state index >= 15 is 0 Å². The summed E-state index contributed by atoms with van der Waals surface area (Å²) in [5.74, 6) is -5.68. The molecule has 0 aliphatic rings. The van der Waals surface area contributed by atoms with E-state index in [0.29, 0.717) is 5.69 Å². The van der Waals surface area contributed by atoms with E-state index in [0.717, 1.165) is 0 Å². The summed E-state index contributed by atoms with van der Waals surface area (Å²) in [6.45, 7) is -0.685. The molecule has 0 aromatic carbocycles. The van der Waals surface area contributed by atoms with Crippen LogP contribution in [0.3, 0.4) is 0 Å². The summed E-state index contributed by atoms with van der Waals surface area (Å²) < 4.78 is 0. The van der Waals surface area contributed by atoms with Gasteiger partial charge in [0.1, 0.15) is 24.2 Å². The van der Waals surface area contributed by atoms with E-state index in [1.807, 2.05) is 0 Å². The summed E-state index contributed by atoms with van der Waals surface area (Å²) in [5.41, 5.74) is 16.1. The lowest BCUT2D eigenvalue weighted by Gasteiger charge is -2.24. The number of aromatic amines is 1. The minimum Gasteiger partial charge on any atom is -0.480 e. The molecule has 5 amide bonds. The number of carboxylic acids is 1. The molecule has 0 bridgehead atoms. The van der Waals surface area contributed by atoms with Crippen molar-refractivity contribution in [1.29, 1.82) is 0 Å². The van der Waals surface area contributed by atoms with Gasteiger partial charge in [-0.2, -0.15) is 0 Å². The van der Waals surface area contributed by atoms with Gasteiger partial charge in [0.25, 0.3) is 0 Å². The molecule has 4 unspecified atom stereocenters. The highest BCUT2D eigenvalue weighted by Gasteiger charge is 2.31. The molecule has 16 nitrogen and oxygen atoms in total. The predicted octanol–water partition coefficient (Wildman–Crippen LogP) is -4.66. The van der Waals surface area contributed by atoms with Crippen LogP contribution in [-0.4, -0.2) is 86.5 Å². The lowest BCUT2D eigenvalue weighted by atomic mass is 10.1. The summed E-state index contributed by atoms with van der Waals surface area (Å²) in [5, 5.41) is 25.3. The minimum absolute atomic E-state index is 0.101. The Balaban J connectivity index is 3.05. The largest absolute Gasteiger partial charge is 0.480 e. The number of hydrogen-bond donors (Lipinski definition) is 9. The summed E-state index contributed by atoms with van der Waals surface area (Å²) in [7, 11) is 0. The van der Waals surface area contributed by atoms with E-state index in [2.05, 4.69) is 25.9 Å². The molecule has 1 heterocycles. The molecule has 35 heavy (non-hydrogen) atoms. The molecule has 0 aliphatic carbocycles. The Kier molecular flexibility index (Phi) is 11.8. The van der Waals surface area contributed by atoms with Gasteiger partial charge in [-0.3, -0.25) is 24.0 Å². The van der Waals surface area contributed by atoms with E-state index < -0.39 is 66.3 Å². The van der Waals surface area contributed by atoms with Crippen molar-refractivity contribution in [3.63, 3.8) is 0 Å². The lowest BCUT2D eigenvalue weighted by molar-refractivity contribution is -0.142. The van der Waals surface area contributed by atoms with Crippen LogP contribution in [-0.2, 0) is 35.2 Å². The Morgan fingerprint density at radius 2 is 1.40 bits per heavy atom. The number of aromatic nitrogens is 2. The summed E-state index contributed by atoms with van der Waals surface area (Å²) in [6, 6.07) is -5.51. The topological polar surface area (TPSA) is 286 Å². The molecule has 4 atom stereocenters. The van der Waals surface area contributed by atoms with Crippen molar-refractivity contribution in [1.82, 2.24) is 25.9 Å². The highest BCUT2D eigenvalue weighted by Crippen LogP contribution is 2.05. The Labute approximate surface area is 199 Å². The molecule has 0 radical (unpaired) electrons. The molecule has 0 saturated carbocycles. The molecule has 1 aromatic heterocycles. The Morgan fingerprint density at radius 3 is 1.89 bits per heavy atom. The van der Waals surface area contributed by atoms with Gasteiger partial charge in [0.2, 0.25) is 29.5 Å². The first-order valence-corrected chi connectivity index (χ1v) is 10.5. The highest BCUT2D eigenvalue weighted by molar-refractivity contribution is 5.94. The number of amides is 5. The summed E-state index contributed by atoms with van der Waals surface area (Å²) in [6.07, 6.45) is 1.40. The molecule has 0 saturated heterocycles. The number of nitrogens with one attached hydrogen (secondary N) is 4. The number of primary amides is 2. The van der Waals surface area contributed by atoms with Crippen LogP contribution < -0.4 is 33.2 Å². The zero-order valence-electron chi connectivity index (χ0n) is 18.7. The maximum absolute atomic E-state index is 13.0. The molecule has 194 valence electrons. The SMILES string of the molecule is NC(=O)CCC(NC(=O)C(CCC(N)=O)NC(=O)C(Cc1cnc[nH]1)NC(=O)C(N)CO)C(=O)O. The smallest absolute Gasteiger partial charge is 0.326 e. The van der Waals surface area contributed by atoms with Gasteiger partial charge in [0, 0.05) is 31.2 Å². The average Bonchev–Trinajstić information content (AvgIpc) is 3.30. The van der Waals surface area contributed by atoms with Crippen LogP contribution in [0.25, 0.3) is 0 Å². The number of aliphatic hydroxyl groups excluding tert-OH is 1. The number of aliphatic hydroxyl groups is 1. The fourth-order valence-corrected chi connectivity index (χ4v) is 2.83. The van der Waals surface area contributed by atoms with Crippen LogP contribution in [0, 0.1) is 0 Å². The first kappa shape index (κ1) is 29.0. The summed E-state index contributed by atoms with van der Waals surface area (Å²) >= 11 is 0. The first-order chi connectivity index (χ1) is 16.4. The molecule has 1 aromatic rings. The third kappa shape index (κ3) is 10.6. The Morgan fingerprint density at radius 1 is 0.886 bits per heavy atom. The van der Waals surface area contributed by atoms with E-state index in [9.17, 15) is 33.9 Å². The van der Waals surface area contributed by atoms with Gasteiger partial charge >= 0.3 is 5.97 Å². The number of carboxylic acid groups (broad SMARTS) is 1. The van der Waals surface area contributed by atoms with E-state index in [-0.39, 0.29) is 32.1 Å². The van der Waals surface area contributed by atoms with Gasteiger partial charge in [0.15, 0.2) is 0 Å². The van der Waals surface area contributed by atoms with Crippen molar-refractivity contribution >= 4 is 35.5 Å². The third-order valence-corrected chi connectivity index (χ3v) is 4.75. The highest BCUT2D eigenvalue weighted by atomic mass is 16.4. The van der Waals surface area contributed by atoms with Crippen molar-refractivity contribution in [2.45, 2.75) is 56.3 Å². The zero-order valence-corrected chi connectivity index (χ0v) is 18.7. The number of nitrogens with two attached hydrogens (primary N) is 3. The van der Waals surface area contributed by atoms with Crippen LogP contribution in [0.1, 0.15) is 31.4 Å². The van der Waals surface area contributed by atoms with Gasteiger partial charge in [0.05, 0.1) is 12.9 Å². The molecule has 1 rings (SSSR count). The van der Waals surface area contributed by atoms with Crippen LogP contribution in [0.5, 0.6) is 0 Å². The predicted molar refractivity (Wildman–Crippen MR) is 118 cm³/mol. The van der Waals surface area contributed by atoms with E-state index in [4.69, 9.17) is 22.3 Å². The van der Waals surface area contributed by atoms with Crippen molar-refractivity contribution in [2.24, 2.45) is 17.2 Å². The molecule has 16 heteroatoms. The van der Waals surface area contributed by atoms with Crippen LogP contribution in [0.2, 0.25) is 0 Å². The number of carbonyl (C=O) groups excluding carboxylic acids is 5. The van der Waals surface area contributed by atoms with Gasteiger partial charge in [-0.1, -0.05) is 0 Å². The maximum atomic E-state index is 13.0. The van der Waals surface area contributed by atoms with Gasteiger partial charge in [-0.25, -0.2) is 9.78 Å². The molecule has 0 aliphatic heterocycles. The van der Waals surface area contributed by atoms with E-state index in [1.54, 1.807) is 0 Å². The van der Waals surface area contributed by atoms with Crippen molar-refractivity contribution in [3.05, 3.63) is 18.2 Å². The van der Waals surface area contributed by atoms with Crippen LogP contribution in [0.4, 0.5) is 0 Å². The maximum Gasteiger partial charge on any atom is 0.326 e. The second kappa shape index (κ2) is 14.3. The molecule has 12 N–H and O–H groups in total. The molecular weight excluding hydrogens is 468 g/mol. The Hall–Kier alpha value is -4.05. The number of nitrogens with zero attached hydrogens (tertiary/aromatic N) is 1.